The van der Waals surface area contributed by atoms with Crippen LogP contribution in [-0.4, -0.2) is 51.7 Å². The van der Waals surface area contributed by atoms with Crippen molar-refractivity contribution in [1.29, 1.82) is 0 Å². The largest absolute Gasteiger partial charge is 0.446 e. The highest BCUT2D eigenvalue weighted by atomic mass is 19.1. The van der Waals surface area contributed by atoms with E-state index in [-0.39, 0.29) is 23.7 Å². The van der Waals surface area contributed by atoms with Crippen LogP contribution in [0.5, 0.6) is 0 Å². The van der Waals surface area contributed by atoms with Crippen molar-refractivity contribution in [2.24, 2.45) is 28.6 Å². The van der Waals surface area contributed by atoms with Crippen LogP contribution in [0.2, 0.25) is 0 Å². The van der Waals surface area contributed by atoms with E-state index in [9.17, 15) is 24.6 Å². The first-order valence-electron chi connectivity index (χ1n) is 12.7. The number of fused-ring (bicyclic) bond motifs is 5. The maximum Gasteiger partial charge on any atom is 0.339 e. The molecule has 0 spiro atoms. The first-order valence-corrected chi connectivity index (χ1v) is 12.7. The molecule has 3 fully saturated rings. The molecule has 36 heavy (non-hydrogen) atoms. The summed E-state index contributed by atoms with van der Waals surface area (Å²) in [4.78, 5) is 38.8. The molecule has 1 unspecified atom stereocenters. The number of ketones is 2. The highest BCUT2D eigenvalue weighted by Gasteiger charge is 2.77. The van der Waals surface area contributed by atoms with Gasteiger partial charge in [-0.05, 0) is 62.8 Å². The van der Waals surface area contributed by atoms with Crippen LogP contribution in [0.25, 0.3) is 0 Å². The third kappa shape index (κ3) is 2.99. The van der Waals surface area contributed by atoms with Crippen LogP contribution in [-0.2, 0) is 14.3 Å². The van der Waals surface area contributed by atoms with Gasteiger partial charge in [-0.25, -0.2) is 9.18 Å². The predicted octanol–water partition coefficient (Wildman–Crippen LogP) is 3.76. The lowest BCUT2D eigenvalue weighted by Gasteiger charge is -2.62. The summed E-state index contributed by atoms with van der Waals surface area (Å²) >= 11 is 0. The number of aliphatic hydroxyl groups excluding tert-OH is 2. The lowest BCUT2D eigenvalue weighted by Crippen LogP contribution is -2.70. The van der Waals surface area contributed by atoms with Crippen LogP contribution in [0.1, 0.15) is 56.8 Å². The van der Waals surface area contributed by atoms with Gasteiger partial charge in [0.1, 0.15) is 6.61 Å². The SMILES string of the molecule is CC1C[C@H]2[C@@H]3CCC4=CC(=O)C=C[C@]4(C)[C@@]3(F)[C@@H](O)C[C@]2(C)[C@]1(OC(=O)c1ccccc1)C(=O)CO. The van der Waals surface area contributed by atoms with Gasteiger partial charge in [0, 0.05) is 22.7 Å². The molecule has 192 valence electrons. The van der Waals surface area contributed by atoms with Crippen LogP contribution in [0.4, 0.5) is 4.39 Å². The average molecular weight is 497 g/mol. The van der Waals surface area contributed by atoms with Gasteiger partial charge in [0.2, 0.25) is 5.78 Å². The summed E-state index contributed by atoms with van der Waals surface area (Å²) in [6.45, 7) is 4.51. The molecular weight excluding hydrogens is 463 g/mol. The molecule has 0 heterocycles. The van der Waals surface area contributed by atoms with Crippen LogP contribution < -0.4 is 0 Å². The summed E-state index contributed by atoms with van der Waals surface area (Å²) < 4.78 is 23.4. The molecule has 0 bridgehead atoms. The summed E-state index contributed by atoms with van der Waals surface area (Å²) in [7, 11) is 0. The van der Waals surface area contributed by atoms with Gasteiger partial charge in [-0.2, -0.15) is 0 Å². The molecule has 7 heteroatoms. The van der Waals surface area contributed by atoms with Crippen molar-refractivity contribution in [2.75, 3.05) is 6.61 Å². The van der Waals surface area contributed by atoms with E-state index in [1.54, 1.807) is 57.2 Å². The van der Waals surface area contributed by atoms with Crippen molar-refractivity contribution in [3.05, 3.63) is 59.7 Å². The highest BCUT2D eigenvalue weighted by molar-refractivity contribution is 6.01. The first-order chi connectivity index (χ1) is 17.0. The number of halogens is 1. The molecule has 0 aliphatic heterocycles. The number of carbonyl (C=O) groups excluding carboxylic acids is 3. The fraction of sp³-hybridized carbons (Fsp3) is 0.552. The van der Waals surface area contributed by atoms with Crippen LogP contribution >= 0.6 is 0 Å². The van der Waals surface area contributed by atoms with Gasteiger partial charge in [0.25, 0.3) is 0 Å². The first kappa shape index (κ1) is 25.0. The van der Waals surface area contributed by atoms with Crippen LogP contribution in [0, 0.1) is 28.6 Å². The molecule has 3 saturated carbocycles. The Kier molecular flexibility index (Phi) is 5.69. The Bertz CT molecular complexity index is 1180. The van der Waals surface area contributed by atoms with Crippen molar-refractivity contribution in [2.45, 2.75) is 63.8 Å². The van der Waals surface area contributed by atoms with Crippen molar-refractivity contribution >= 4 is 17.5 Å². The minimum absolute atomic E-state index is 0.118. The summed E-state index contributed by atoms with van der Waals surface area (Å²) in [6.07, 6.45) is 4.16. The maximum absolute atomic E-state index is 17.4. The Hall–Kier alpha value is -2.64. The fourth-order valence-electron chi connectivity index (χ4n) is 8.30. The Morgan fingerprint density at radius 3 is 2.53 bits per heavy atom. The summed E-state index contributed by atoms with van der Waals surface area (Å²) in [5, 5.41) is 21.5. The second-order valence-electron chi connectivity index (χ2n) is 11.5. The van der Waals surface area contributed by atoms with E-state index in [2.05, 4.69) is 0 Å². The quantitative estimate of drug-likeness (QED) is 0.616. The molecule has 0 radical (unpaired) electrons. The van der Waals surface area contributed by atoms with E-state index in [1.165, 1.54) is 12.2 Å². The monoisotopic (exact) mass is 496 g/mol. The molecular formula is C29H33FO6. The Labute approximate surface area is 210 Å². The van der Waals surface area contributed by atoms with Gasteiger partial charge in [-0.15, -0.1) is 0 Å². The van der Waals surface area contributed by atoms with E-state index in [4.69, 9.17) is 4.74 Å². The van der Waals surface area contributed by atoms with E-state index in [1.807, 2.05) is 0 Å². The third-order valence-corrected chi connectivity index (χ3v) is 10.0. The molecule has 5 rings (SSSR count). The number of hydrogen-bond donors (Lipinski definition) is 2. The number of esters is 1. The van der Waals surface area contributed by atoms with Crippen LogP contribution in [0.15, 0.2) is 54.1 Å². The maximum atomic E-state index is 17.4. The van der Waals surface area contributed by atoms with Gasteiger partial charge in [-0.1, -0.05) is 43.7 Å². The summed E-state index contributed by atoms with van der Waals surface area (Å²) in [6, 6.07) is 8.33. The molecule has 0 amide bonds. The molecule has 1 aromatic rings. The molecule has 0 saturated heterocycles. The second kappa shape index (κ2) is 8.18. The lowest BCUT2D eigenvalue weighted by atomic mass is 9.44. The molecule has 4 aliphatic rings. The zero-order valence-electron chi connectivity index (χ0n) is 20.9. The van der Waals surface area contributed by atoms with Crippen molar-refractivity contribution in [3.63, 3.8) is 0 Å². The molecule has 1 aromatic carbocycles. The van der Waals surface area contributed by atoms with Crippen molar-refractivity contribution in [1.82, 2.24) is 0 Å². The number of alkyl halides is 1. The number of allylic oxidation sites excluding steroid dienone is 4. The second-order valence-corrected chi connectivity index (χ2v) is 11.5. The number of hydrogen-bond acceptors (Lipinski definition) is 6. The number of carbonyl (C=O) groups is 3. The van der Waals surface area contributed by atoms with E-state index in [0.717, 1.165) is 0 Å². The minimum Gasteiger partial charge on any atom is -0.446 e. The van der Waals surface area contributed by atoms with Gasteiger partial charge in [-0.3, -0.25) is 9.59 Å². The standard InChI is InChI=1S/C29H33FO6/c1-17-13-22-21-10-9-19-14-20(32)11-12-26(19,2)28(21,30)23(33)15-27(22,3)29(17,24(34)16-31)36-25(35)18-7-5-4-6-8-18/h4-8,11-12,14,17,21-23,31,33H,9-10,13,15-16H2,1-3H3/t17?,21-,22-,23-,26-,27-,28-,29+/m0/s1. The predicted molar refractivity (Wildman–Crippen MR) is 130 cm³/mol. The minimum atomic E-state index is -2.06. The topological polar surface area (TPSA) is 101 Å². The molecule has 2 N–H and O–H groups in total. The molecule has 4 aliphatic carbocycles. The molecule has 8 atom stereocenters. The van der Waals surface area contributed by atoms with Crippen LogP contribution in [0.3, 0.4) is 0 Å². The Balaban J connectivity index is 1.61. The molecule has 0 aromatic heterocycles. The number of rotatable bonds is 4. The zero-order valence-corrected chi connectivity index (χ0v) is 20.9. The number of Topliss-reactive ketones (excluding diaryl/α,β-unsaturated/α-hetero) is 1. The highest BCUT2D eigenvalue weighted by Crippen LogP contribution is 2.71. The summed E-state index contributed by atoms with van der Waals surface area (Å²) in [5.74, 6) is -3.01. The zero-order chi connectivity index (χ0) is 26.1. The van der Waals surface area contributed by atoms with E-state index in [0.29, 0.717) is 24.8 Å². The van der Waals surface area contributed by atoms with Gasteiger partial charge in [0.15, 0.2) is 17.1 Å². The van der Waals surface area contributed by atoms with E-state index >= 15 is 4.39 Å². The Morgan fingerprint density at radius 2 is 1.86 bits per heavy atom. The van der Waals surface area contributed by atoms with E-state index < -0.39 is 58.4 Å². The van der Waals surface area contributed by atoms with Gasteiger partial charge >= 0.3 is 5.97 Å². The summed E-state index contributed by atoms with van der Waals surface area (Å²) in [5.41, 5.74) is -5.06. The van der Waals surface area contributed by atoms with Gasteiger partial charge in [0.05, 0.1) is 11.7 Å². The third-order valence-electron chi connectivity index (χ3n) is 10.0. The average Bonchev–Trinajstić information content (AvgIpc) is 3.07. The molecule has 6 nitrogen and oxygen atoms in total. The lowest BCUT2D eigenvalue weighted by molar-refractivity contribution is -0.219. The Morgan fingerprint density at radius 1 is 1.17 bits per heavy atom. The smallest absolute Gasteiger partial charge is 0.339 e. The van der Waals surface area contributed by atoms with Crippen molar-refractivity contribution < 1.29 is 33.7 Å². The number of aliphatic hydroxyl groups is 2. The van der Waals surface area contributed by atoms with Gasteiger partial charge < -0.3 is 14.9 Å². The number of ether oxygens (including phenoxy) is 1. The van der Waals surface area contributed by atoms with Crippen molar-refractivity contribution in [3.8, 4) is 0 Å². The number of benzene rings is 1. The fourth-order valence-corrected chi connectivity index (χ4v) is 8.30. The normalized spacial score (nSPS) is 43.2.